The molecule has 0 unspecified atom stereocenters. The molecule has 0 radical (unpaired) electrons. The van der Waals surface area contributed by atoms with Crippen LogP contribution < -0.4 is 5.63 Å². The molecule has 1 aliphatic rings. The van der Waals surface area contributed by atoms with Crippen LogP contribution >= 0.6 is 0 Å². The Bertz CT molecular complexity index is 666. The van der Waals surface area contributed by atoms with Crippen LogP contribution in [0.1, 0.15) is 29.9 Å². The molecule has 1 fully saturated rings. The largest absolute Gasteiger partial charge is 0.423 e. The maximum absolute atomic E-state index is 13.0. The fourth-order valence-electron chi connectivity index (χ4n) is 2.24. The van der Waals surface area contributed by atoms with Gasteiger partial charge in [-0.15, -0.1) is 0 Å². The molecular weight excluding hydrogens is 245 g/mol. The summed E-state index contributed by atoms with van der Waals surface area (Å²) >= 11 is 0. The number of alkyl halides is 3. The molecule has 1 aromatic heterocycles. The first kappa shape index (κ1) is 11.3. The van der Waals surface area contributed by atoms with E-state index in [-0.39, 0.29) is 17.1 Å². The van der Waals surface area contributed by atoms with Gasteiger partial charge in [0.05, 0.1) is 0 Å². The lowest BCUT2D eigenvalue weighted by Crippen LogP contribution is -2.21. The first-order valence-corrected chi connectivity index (χ1v) is 5.61. The van der Waals surface area contributed by atoms with Crippen molar-refractivity contribution in [3.8, 4) is 0 Å². The summed E-state index contributed by atoms with van der Waals surface area (Å²) in [5, 5.41) is 0.395. The SMILES string of the molecule is O=c1oc2ccccc2c(C2CC2)c1C(F)(F)F. The highest BCUT2D eigenvalue weighted by molar-refractivity contribution is 5.82. The lowest BCUT2D eigenvalue weighted by molar-refractivity contribution is -0.140. The highest BCUT2D eigenvalue weighted by atomic mass is 19.4. The molecule has 0 saturated heterocycles. The fourth-order valence-corrected chi connectivity index (χ4v) is 2.24. The van der Waals surface area contributed by atoms with Crippen LogP contribution in [-0.4, -0.2) is 0 Å². The number of hydrogen-bond acceptors (Lipinski definition) is 2. The summed E-state index contributed by atoms with van der Waals surface area (Å²) in [7, 11) is 0. The molecule has 0 atom stereocenters. The van der Waals surface area contributed by atoms with Gasteiger partial charge in [-0.3, -0.25) is 0 Å². The van der Waals surface area contributed by atoms with Crippen LogP contribution in [0.5, 0.6) is 0 Å². The molecule has 94 valence electrons. The molecule has 5 heteroatoms. The number of benzene rings is 1. The van der Waals surface area contributed by atoms with Crippen LogP contribution in [0.25, 0.3) is 11.0 Å². The quantitative estimate of drug-likeness (QED) is 0.726. The van der Waals surface area contributed by atoms with Crippen LogP contribution in [0.3, 0.4) is 0 Å². The fraction of sp³-hybridized carbons (Fsp3) is 0.308. The molecule has 1 aliphatic carbocycles. The lowest BCUT2D eigenvalue weighted by Gasteiger charge is -2.12. The van der Waals surface area contributed by atoms with Gasteiger partial charge >= 0.3 is 11.8 Å². The Morgan fingerprint density at radius 2 is 1.83 bits per heavy atom. The van der Waals surface area contributed by atoms with E-state index in [1.54, 1.807) is 18.2 Å². The molecule has 0 bridgehead atoms. The summed E-state index contributed by atoms with van der Waals surface area (Å²) in [6, 6.07) is 6.37. The maximum atomic E-state index is 13.0. The second-order valence-corrected chi connectivity index (χ2v) is 4.45. The lowest BCUT2D eigenvalue weighted by atomic mass is 10.00. The number of fused-ring (bicyclic) bond motifs is 1. The van der Waals surface area contributed by atoms with Crippen molar-refractivity contribution in [3.05, 3.63) is 45.8 Å². The Morgan fingerprint density at radius 3 is 2.44 bits per heavy atom. The molecule has 0 spiro atoms. The molecule has 1 aromatic carbocycles. The van der Waals surface area contributed by atoms with Gasteiger partial charge in [-0.05, 0) is 30.4 Å². The Hall–Kier alpha value is -1.78. The van der Waals surface area contributed by atoms with Crippen molar-refractivity contribution >= 4 is 11.0 Å². The molecule has 1 saturated carbocycles. The predicted octanol–water partition coefficient (Wildman–Crippen LogP) is 3.69. The van der Waals surface area contributed by atoms with E-state index in [1.807, 2.05) is 0 Å². The monoisotopic (exact) mass is 254 g/mol. The van der Waals surface area contributed by atoms with Crippen molar-refractivity contribution in [2.45, 2.75) is 24.9 Å². The summed E-state index contributed by atoms with van der Waals surface area (Å²) in [6.07, 6.45) is -3.28. The van der Waals surface area contributed by atoms with Gasteiger partial charge in [0.25, 0.3) is 0 Å². The molecule has 1 heterocycles. The number of para-hydroxylation sites is 1. The number of halogens is 3. The van der Waals surface area contributed by atoms with Gasteiger partial charge < -0.3 is 4.42 Å². The molecular formula is C13H9F3O2. The average Bonchev–Trinajstić information content (AvgIpc) is 3.09. The van der Waals surface area contributed by atoms with Crippen molar-refractivity contribution < 1.29 is 17.6 Å². The molecule has 2 aromatic rings. The first-order chi connectivity index (χ1) is 8.48. The number of rotatable bonds is 1. The molecule has 18 heavy (non-hydrogen) atoms. The van der Waals surface area contributed by atoms with Gasteiger partial charge in [-0.2, -0.15) is 13.2 Å². The minimum absolute atomic E-state index is 0.106. The van der Waals surface area contributed by atoms with Gasteiger partial charge in [0, 0.05) is 5.39 Å². The third-order valence-electron chi connectivity index (χ3n) is 3.12. The zero-order valence-electron chi connectivity index (χ0n) is 9.25. The van der Waals surface area contributed by atoms with E-state index in [9.17, 15) is 18.0 Å². The molecule has 0 amide bonds. The summed E-state index contributed by atoms with van der Waals surface area (Å²) in [5.74, 6) is -0.171. The van der Waals surface area contributed by atoms with Crippen molar-refractivity contribution in [1.82, 2.24) is 0 Å². The number of hydrogen-bond donors (Lipinski definition) is 0. The van der Waals surface area contributed by atoms with Gasteiger partial charge in [0.2, 0.25) is 0 Å². The third kappa shape index (κ3) is 1.70. The van der Waals surface area contributed by atoms with Crippen molar-refractivity contribution in [2.24, 2.45) is 0 Å². The van der Waals surface area contributed by atoms with Gasteiger partial charge in [-0.25, -0.2) is 4.79 Å². The van der Waals surface area contributed by atoms with E-state index >= 15 is 0 Å². The highest BCUT2D eigenvalue weighted by Gasteiger charge is 2.42. The van der Waals surface area contributed by atoms with E-state index in [2.05, 4.69) is 0 Å². The van der Waals surface area contributed by atoms with Crippen molar-refractivity contribution in [3.63, 3.8) is 0 Å². The third-order valence-corrected chi connectivity index (χ3v) is 3.12. The molecule has 2 nitrogen and oxygen atoms in total. The van der Waals surface area contributed by atoms with Gasteiger partial charge in [-0.1, -0.05) is 18.2 Å². The van der Waals surface area contributed by atoms with Crippen LogP contribution in [0.15, 0.2) is 33.5 Å². The minimum Gasteiger partial charge on any atom is -0.422 e. The van der Waals surface area contributed by atoms with Crippen LogP contribution in [-0.2, 0) is 6.18 Å². The average molecular weight is 254 g/mol. The van der Waals surface area contributed by atoms with Crippen LogP contribution in [0.2, 0.25) is 0 Å². The maximum Gasteiger partial charge on any atom is 0.423 e. The Kier molecular flexibility index (Phi) is 2.27. The van der Waals surface area contributed by atoms with E-state index in [0.29, 0.717) is 18.2 Å². The minimum atomic E-state index is -4.66. The summed E-state index contributed by atoms with van der Waals surface area (Å²) < 4.78 is 43.7. The molecule has 0 N–H and O–H groups in total. The molecule has 0 aliphatic heterocycles. The van der Waals surface area contributed by atoms with E-state index in [1.165, 1.54) is 6.07 Å². The Balaban J connectivity index is 2.44. The standard InChI is InChI=1S/C13H9F3O2/c14-13(15,16)11-10(7-5-6-7)8-3-1-2-4-9(8)18-12(11)17/h1-4,7H,5-6H2. The Labute approximate surface area is 100 Å². The van der Waals surface area contributed by atoms with E-state index in [4.69, 9.17) is 4.42 Å². The van der Waals surface area contributed by atoms with E-state index < -0.39 is 17.4 Å². The second kappa shape index (κ2) is 3.60. The summed E-state index contributed by atoms with van der Waals surface area (Å²) in [4.78, 5) is 11.5. The molecule has 3 rings (SSSR count). The second-order valence-electron chi connectivity index (χ2n) is 4.45. The normalized spacial score (nSPS) is 16.2. The van der Waals surface area contributed by atoms with Crippen LogP contribution in [0, 0.1) is 0 Å². The van der Waals surface area contributed by atoms with Crippen molar-refractivity contribution in [1.29, 1.82) is 0 Å². The van der Waals surface area contributed by atoms with Gasteiger partial charge in [0.1, 0.15) is 11.1 Å². The zero-order valence-corrected chi connectivity index (χ0v) is 9.25. The summed E-state index contributed by atoms with van der Waals surface area (Å²) in [6.45, 7) is 0. The summed E-state index contributed by atoms with van der Waals surface area (Å²) in [5.41, 5.74) is -2.10. The highest BCUT2D eigenvalue weighted by Crippen LogP contribution is 2.47. The predicted molar refractivity (Wildman–Crippen MR) is 59.5 cm³/mol. The smallest absolute Gasteiger partial charge is 0.422 e. The van der Waals surface area contributed by atoms with Crippen molar-refractivity contribution in [2.75, 3.05) is 0 Å². The van der Waals surface area contributed by atoms with Gasteiger partial charge in [0.15, 0.2) is 0 Å². The van der Waals surface area contributed by atoms with Crippen LogP contribution in [0.4, 0.5) is 13.2 Å². The van der Waals surface area contributed by atoms with E-state index in [0.717, 1.165) is 0 Å². The Morgan fingerprint density at radius 1 is 1.17 bits per heavy atom. The zero-order chi connectivity index (χ0) is 12.9. The topological polar surface area (TPSA) is 30.2 Å². The first-order valence-electron chi connectivity index (χ1n) is 5.61.